The van der Waals surface area contributed by atoms with E-state index in [0.717, 1.165) is 23.5 Å². The van der Waals surface area contributed by atoms with Crippen LogP contribution in [0.1, 0.15) is 30.8 Å². The van der Waals surface area contributed by atoms with Gasteiger partial charge in [0.05, 0.1) is 11.4 Å². The van der Waals surface area contributed by atoms with Gasteiger partial charge in [-0.2, -0.15) is 5.10 Å². The van der Waals surface area contributed by atoms with Crippen molar-refractivity contribution in [1.29, 1.82) is 0 Å². The van der Waals surface area contributed by atoms with Crippen LogP contribution in [-0.4, -0.2) is 26.8 Å². The summed E-state index contributed by atoms with van der Waals surface area (Å²) in [7, 11) is 1.97. The molecule has 3 aromatic rings. The lowest BCUT2D eigenvalue weighted by Crippen LogP contribution is -2.27. The lowest BCUT2D eigenvalue weighted by Gasteiger charge is -2.09. The van der Waals surface area contributed by atoms with Crippen molar-refractivity contribution < 1.29 is 4.79 Å². The smallest absolute Gasteiger partial charge is 0.270 e. The van der Waals surface area contributed by atoms with Crippen molar-refractivity contribution in [3.8, 4) is 17.1 Å². The van der Waals surface area contributed by atoms with E-state index in [-0.39, 0.29) is 5.91 Å². The number of carbonyl (C=O) groups excluding carboxylic acids is 1. The Kier molecular flexibility index (Phi) is 5.03. The normalized spacial score (nSPS) is 11.0. The monoisotopic (exact) mass is 336 g/mol. The standard InChI is InChI=1S/C20H24N4O/c1-15(2)11-12-21-20(25)19-14-17(18-10-7-13-23(18)3)22-24(19)16-8-5-4-6-9-16/h4-10,13-15H,11-12H2,1-3H3,(H,21,25). The number of benzene rings is 1. The van der Waals surface area contributed by atoms with Crippen LogP contribution in [-0.2, 0) is 7.05 Å². The highest BCUT2D eigenvalue weighted by Crippen LogP contribution is 2.22. The van der Waals surface area contributed by atoms with Gasteiger partial charge in [-0.3, -0.25) is 4.79 Å². The van der Waals surface area contributed by atoms with E-state index in [1.807, 2.05) is 66.3 Å². The van der Waals surface area contributed by atoms with Crippen molar-refractivity contribution in [3.63, 3.8) is 0 Å². The van der Waals surface area contributed by atoms with Gasteiger partial charge < -0.3 is 9.88 Å². The molecule has 1 amide bonds. The van der Waals surface area contributed by atoms with Crippen molar-refractivity contribution in [2.24, 2.45) is 13.0 Å². The molecule has 0 aliphatic heterocycles. The minimum absolute atomic E-state index is 0.0996. The van der Waals surface area contributed by atoms with Crippen LogP contribution in [0.15, 0.2) is 54.7 Å². The Hall–Kier alpha value is -2.82. The second-order valence-corrected chi connectivity index (χ2v) is 6.60. The summed E-state index contributed by atoms with van der Waals surface area (Å²) in [6.07, 6.45) is 2.93. The average molecular weight is 336 g/mol. The van der Waals surface area contributed by atoms with Gasteiger partial charge in [0.25, 0.3) is 5.91 Å². The van der Waals surface area contributed by atoms with E-state index in [2.05, 4.69) is 24.3 Å². The Morgan fingerprint density at radius 2 is 1.92 bits per heavy atom. The largest absolute Gasteiger partial charge is 0.351 e. The first-order chi connectivity index (χ1) is 12.1. The molecular weight excluding hydrogens is 312 g/mol. The molecule has 0 unspecified atom stereocenters. The van der Waals surface area contributed by atoms with Crippen LogP contribution in [0.4, 0.5) is 0 Å². The van der Waals surface area contributed by atoms with Crippen LogP contribution < -0.4 is 5.32 Å². The van der Waals surface area contributed by atoms with Crippen LogP contribution in [0.25, 0.3) is 17.1 Å². The maximum Gasteiger partial charge on any atom is 0.270 e. The summed E-state index contributed by atoms with van der Waals surface area (Å²) in [4.78, 5) is 12.7. The molecule has 5 nitrogen and oxygen atoms in total. The SMILES string of the molecule is CC(C)CCNC(=O)c1cc(-c2cccn2C)nn1-c1ccccc1. The molecule has 0 saturated carbocycles. The lowest BCUT2D eigenvalue weighted by molar-refractivity contribution is 0.0944. The number of aryl methyl sites for hydroxylation is 1. The number of amides is 1. The van der Waals surface area contributed by atoms with Gasteiger partial charge in [0.1, 0.15) is 11.4 Å². The quantitative estimate of drug-likeness (QED) is 0.747. The zero-order valence-electron chi connectivity index (χ0n) is 14.9. The average Bonchev–Trinajstić information content (AvgIpc) is 3.21. The van der Waals surface area contributed by atoms with Crippen molar-refractivity contribution in [3.05, 3.63) is 60.4 Å². The maximum absolute atomic E-state index is 12.7. The second-order valence-electron chi connectivity index (χ2n) is 6.60. The molecule has 0 fully saturated rings. The molecule has 3 rings (SSSR count). The van der Waals surface area contributed by atoms with Gasteiger partial charge in [0, 0.05) is 19.8 Å². The molecule has 130 valence electrons. The van der Waals surface area contributed by atoms with E-state index in [9.17, 15) is 4.79 Å². The van der Waals surface area contributed by atoms with Gasteiger partial charge in [-0.25, -0.2) is 4.68 Å². The van der Waals surface area contributed by atoms with Crippen LogP contribution >= 0.6 is 0 Å². The van der Waals surface area contributed by atoms with E-state index < -0.39 is 0 Å². The van der Waals surface area contributed by atoms with Crippen LogP contribution in [0.2, 0.25) is 0 Å². The fourth-order valence-corrected chi connectivity index (χ4v) is 2.73. The fourth-order valence-electron chi connectivity index (χ4n) is 2.73. The molecular formula is C20H24N4O. The third kappa shape index (κ3) is 3.82. The summed E-state index contributed by atoms with van der Waals surface area (Å²) in [5.74, 6) is 0.454. The number of nitrogens with zero attached hydrogens (tertiary/aromatic N) is 3. The van der Waals surface area contributed by atoms with Gasteiger partial charge in [-0.05, 0) is 42.7 Å². The molecule has 2 aromatic heterocycles. The first kappa shape index (κ1) is 17.0. The van der Waals surface area contributed by atoms with Gasteiger partial charge >= 0.3 is 0 Å². The fraction of sp³-hybridized carbons (Fsp3) is 0.300. The van der Waals surface area contributed by atoms with E-state index in [1.165, 1.54) is 0 Å². The van der Waals surface area contributed by atoms with Crippen molar-refractivity contribution in [1.82, 2.24) is 19.7 Å². The van der Waals surface area contributed by atoms with E-state index in [0.29, 0.717) is 18.2 Å². The Labute approximate surface area is 148 Å². The number of aromatic nitrogens is 3. The Balaban J connectivity index is 1.96. The molecule has 1 N–H and O–H groups in total. The Morgan fingerprint density at radius 3 is 2.56 bits per heavy atom. The first-order valence-corrected chi connectivity index (χ1v) is 8.61. The molecule has 0 saturated heterocycles. The molecule has 0 atom stereocenters. The highest BCUT2D eigenvalue weighted by atomic mass is 16.2. The van der Waals surface area contributed by atoms with Gasteiger partial charge in [0.2, 0.25) is 0 Å². The number of rotatable bonds is 6. The van der Waals surface area contributed by atoms with E-state index >= 15 is 0 Å². The van der Waals surface area contributed by atoms with Crippen molar-refractivity contribution >= 4 is 5.91 Å². The minimum Gasteiger partial charge on any atom is -0.351 e. The van der Waals surface area contributed by atoms with E-state index in [1.54, 1.807) is 4.68 Å². The molecule has 1 aromatic carbocycles. The first-order valence-electron chi connectivity index (χ1n) is 8.61. The van der Waals surface area contributed by atoms with Gasteiger partial charge in [-0.15, -0.1) is 0 Å². The zero-order chi connectivity index (χ0) is 17.8. The molecule has 0 spiro atoms. The molecule has 0 radical (unpaired) electrons. The molecule has 0 bridgehead atoms. The summed E-state index contributed by atoms with van der Waals surface area (Å²) in [5.41, 5.74) is 3.18. The zero-order valence-corrected chi connectivity index (χ0v) is 14.9. The highest BCUT2D eigenvalue weighted by molar-refractivity contribution is 5.94. The number of nitrogens with one attached hydrogen (secondary N) is 1. The highest BCUT2D eigenvalue weighted by Gasteiger charge is 2.18. The molecule has 2 heterocycles. The third-order valence-corrected chi connectivity index (χ3v) is 4.16. The molecule has 25 heavy (non-hydrogen) atoms. The number of hydrogen-bond acceptors (Lipinski definition) is 2. The number of carbonyl (C=O) groups is 1. The predicted molar refractivity (Wildman–Crippen MR) is 99.8 cm³/mol. The lowest BCUT2D eigenvalue weighted by atomic mass is 10.1. The van der Waals surface area contributed by atoms with Crippen molar-refractivity contribution in [2.75, 3.05) is 6.54 Å². The topological polar surface area (TPSA) is 51.9 Å². The molecule has 5 heteroatoms. The summed E-state index contributed by atoms with van der Waals surface area (Å²) >= 11 is 0. The molecule has 0 aliphatic rings. The number of hydrogen-bond donors (Lipinski definition) is 1. The molecule has 0 aliphatic carbocycles. The van der Waals surface area contributed by atoms with Crippen LogP contribution in [0.3, 0.4) is 0 Å². The summed E-state index contributed by atoms with van der Waals surface area (Å²) in [6.45, 7) is 4.96. The third-order valence-electron chi connectivity index (χ3n) is 4.16. The second kappa shape index (κ2) is 7.38. The summed E-state index contributed by atoms with van der Waals surface area (Å²) < 4.78 is 3.71. The van der Waals surface area contributed by atoms with Crippen LogP contribution in [0.5, 0.6) is 0 Å². The van der Waals surface area contributed by atoms with Gasteiger partial charge in [0.15, 0.2) is 0 Å². The maximum atomic E-state index is 12.7. The predicted octanol–water partition coefficient (Wildman–Crippen LogP) is 3.65. The number of para-hydroxylation sites is 1. The van der Waals surface area contributed by atoms with Crippen LogP contribution in [0, 0.1) is 5.92 Å². The Morgan fingerprint density at radius 1 is 1.16 bits per heavy atom. The van der Waals surface area contributed by atoms with Gasteiger partial charge in [-0.1, -0.05) is 32.0 Å². The Bertz CT molecular complexity index is 846. The minimum atomic E-state index is -0.0996. The van der Waals surface area contributed by atoms with E-state index in [4.69, 9.17) is 0 Å². The summed E-state index contributed by atoms with van der Waals surface area (Å²) in [6, 6.07) is 15.6. The summed E-state index contributed by atoms with van der Waals surface area (Å²) in [5, 5.41) is 7.69. The van der Waals surface area contributed by atoms with Crippen molar-refractivity contribution in [2.45, 2.75) is 20.3 Å².